The Balaban J connectivity index is 2.03. The summed E-state index contributed by atoms with van der Waals surface area (Å²) in [6.45, 7) is 6.52. The Morgan fingerprint density at radius 1 is 1.14 bits per heavy atom. The van der Waals surface area contributed by atoms with Crippen LogP contribution in [0.15, 0.2) is 23.1 Å². The first-order valence-electron chi connectivity index (χ1n) is 9.44. The van der Waals surface area contributed by atoms with Crippen LogP contribution in [0.25, 0.3) is 0 Å². The number of amides is 3. The number of aryl methyl sites for hydroxylation is 1. The number of nitrogens with one attached hydrogen (secondary N) is 1. The summed E-state index contributed by atoms with van der Waals surface area (Å²) in [7, 11) is -3.65. The first-order chi connectivity index (χ1) is 13.2. The smallest absolute Gasteiger partial charge is 0.251 e. The van der Waals surface area contributed by atoms with E-state index in [2.05, 4.69) is 5.32 Å². The van der Waals surface area contributed by atoms with Crippen molar-refractivity contribution in [3.05, 3.63) is 29.3 Å². The second-order valence-electron chi connectivity index (χ2n) is 6.61. The van der Waals surface area contributed by atoms with Gasteiger partial charge < -0.3 is 5.32 Å². The van der Waals surface area contributed by atoms with E-state index in [1.165, 1.54) is 21.3 Å². The van der Waals surface area contributed by atoms with E-state index < -0.39 is 10.0 Å². The summed E-state index contributed by atoms with van der Waals surface area (Å²) in [5, 5.41) is 2.73. The second-order valence-corrected chi connectivity index (χ2v) is 8.55. The van der Waals surface area contributed by atoms with E-state index in [9.17, 15) is 22.8 Å². The van der Waals surface area contributed by atoms with Gasteiger partial charge in [-0.15, -0.1) is 0 Å². The molecule has 8 nitrogen and oxygen atoms in total. The van der Waals surface area contributed by atoms with E-state index in [4.69, 9.17) is 0 Å². The normalized spacial score (nSPS) is 14.8. The van der Waals surface area contributed by atoms with Gasteiger partial charge in [0.15, 0.2) is 0 Å². The van der Waals surface area contributed by atoms with Crippen molar-refractivity contribution in [3.63, 3.8) is 0 Å². The lowest BCUT2D eigenvalue weighted by Crippen LogP contribution is -2.33. The van der Waals surface area contributed by atoms with Crippen LogP contribution in [-0.2, 0) is 19.6 Å². The molecule has 28 heavy (non-hydrogen) atoms. The van der Waals surface area contributed by atoms with E-state index in [0.717, 1.165) is 0 Å². The van der Waals surface area contributed by atoms with Crippen LogP contribution in [0.5, 0.6) is 0 Å². The maximum atomic E-state index is 12.7. The Kier molecular flexibility index (Phi) is 7.31. The molecule has 1 aromatic carbocycles. The van der Waals surface area contributed by atoms with Crippen LogP contribution < -0.4 is 5.32 Å². The fourth-order valence-corrected chi connectivity index (χ4v) is 4.61. The highest BCUT2D eigenvalue weighted by Gasteiger charge is 2.28. The molecule has 1 heterocycles. The monoisotopic (exact) mass is 409 g/mol. The molecule has 0 atom stereocenters. The molecule has 0 aromatic heterocycles. The summed E-state index contributed by atoms with van der Waals surface area (Å²) in [4.78, 5) is 37.0. The van der Waals surface area contributed by atoms with Gasteiger partial charge >= 0.3 is 0 Å². The largest absolute Gasteiger partial charge is 0.352 e. The summed E-state index contributed by atoms with van der Waals surface area (Å²) in [5.41, 5.74) is 0.961. The molecule has 1 saturated heterocycles. The molecule has 0 radical (unpaired) electrons. The van der Waals surface area contributed by atoms with Crippen molar-refractivity contribution in [2.24, 2.45) is 0 Å². The summed E-state index contributed by atoms with van der Waals surface area (Å²) in [6, 6.07) is 4.52. The third kappa shape index (κ3) is 4.77. The van der Waals surface area contributed by atoms with Gasteiger partial charge in [0.2, 0.25) is 21.8 Å². The summed E-state index contributed by atoms with van der Waals surface area (Å²) in [6.07, 6.45) is 0.941. The maximum absolute atomic E-state index is 12.7. The van der Waals surface area contributed by atoms with Crippen LogP contribution in [0, 0.1) is 6.92 Å². The fourth-order valence-electron chi connectivity index (χ4n) is 3.13. The molecule has 1 fully saturated rings. The van der Waals surface area contributed by atoms with Crippen LogP contribution in [0.3, 0.4) is 0 Å². The Morgan fingerprint density at radius 3 is 2.32 bits per heavy atom. The molecule has 0 saturated carbocycles. The van der Waals surface area contributed by atoms with E-state index in [1.54, 1.807) is 26.8 Å². The number of hydrogen-bond acceptors (Lipinski definition) is 5. The van der Waals surface area contributed by atoms with Gasteiger partial charge in [-0.1, -0.05) is 19.9 Å². The minimum atomic E-state index is -3.65. The van der Waals surface area contributed by atoms with Gasteiger partial charge in [0.05, 0.1) is 4.90 Å². The van der Waals surface area contributed by atoms with Crippen LogP contribution in [0.4, 0.5) is 0 Å². The van der Waals surface area contributed by atoms with E-state index in [0.29, 0.717) is 30.6 Å². The molecule has 0 aliphatic carbocycles. The summed E-state index contributed by atoms with van der Waals surface area (Å²) >= 11 is 0. The van der Waals surface area contributed by atoms with Crippen molar-refractivity contribution < 1.29 is 22.8 Å². The molecular weight excluding hydrogens is 382 g/mol. The predicted octanol–water partition coefficient (Wildman–Crippen LogP) is 1.29. The van der Waals surface area contributed by atoms with Crippen LogP contribution in [0.2, 0.25) is 0 Å². The Bertz CT molecular complexity index is 846. The predicted molar refractivity (Wildman–Crippen MR) is 104 cm³/mol. The third-order valence-corrected chi connectivity index (χ3v) is 6.84. The van der Waals surface area contributed by atoms with Crippen molar-refractivity contribution in [1.29, 1.82) is 0 Å². The zero-order chi connectivity index (χ0) is 20.9. The molecule has 154 valence electrons. The molecule has 0 bridgehead atoms. The van der Waals surface area contributed by atoms with Crippen LogP contribution in [0.1, 0.15) is 49.0 Å². The molecule has 0 spiro atoms. The zero-order valence-electron chi connectivity index (χ0n) is 16.5. The molecule has 1 aliphatic rings. The lowest BCUT2D eigenvalue weighted by atomic mass is 10.1. The van der Waals surface area contributed by atoms with Gasteiger partial charge in [0.25, 0.3) is 5.91 Å². The number of benzene rings is 1. The van der Waals surface area contributed by atoms with Crippen molar-refractivity contribution in [1.82, 2.24) is 14.5 Å². The first kappa shape index (κ1) is 22.0. The third-order valence-electron chi connectivity index (χ3n) is 4.80. The average Bonchev–Trinajstić information content (AvgIpc) is 2.97. The van der Waals surface area contributed by atoms with Crippen molar-refractivity contribution in [2.45, 2.75) is 44.9 Å². The highest BCUT2D eigenvalue weighted by Crippen LogP contribution is 2.19. The Hall–Kier alpha value is -2.26. The maximum Gasteiger partial charge on any atom is 0.251 e. The minimum absolute atomic E-state index is 0.0835. The van der Waals surface area contributed by atoms with Crippen LogP contribution in [-0.4, -0.2) is 61.5 Å². The molecule has 9 heteroatoms. The summed E-state index contributed by atoms with van der Waals surface area (Å²) in [5.74, 6) is -0.740. The lowest BCUT2D eigenvalue weighted by Gasteiger charge is -2.19. The van der Waals surface area contributed by atoms with Gasteiger partial charge in [-0.3, -0.25) is 19.3 Å². The van der Waals surface area contributed by atoms with Crippen molar-refractivity contribution in [2.75, 3.05) is 26.2 Å². The molecule has 1 aromatic rings. The lowest BCUT2D eigenvalue weighted by molar-refractivity contribution is -0.138. The number of nitrogens with zero attached hydrogens (tertiary/aromatic N) is 2. The topological polar surface area (TPSA) is 104 Å². The Morgan fingerprint density at radius 2 is 1.75 bits per heavy atom. The fraction of sp³-hybridized carbons (Fsp3) is 0.526. The van der Waals surface area contributed by atoms with Gasteiger partial charge in [-0.05, 0) is 31.0 Å². The van der Waals surface area contributed by atoms with Gasteiger partial charge in [0.1, 0.15) is 0 Å². The first-order valence-corrected chi connectivity index (χ1v) is 10.9. The number of rotatable bonds is 9. The highest BCUT2D eigenvalue weighted by molar-refractivity contribution is 7.89. The van der Waals surface area contributed by atoms with Gasteiger partial charge in [-0.25, -0.2) is 8.42 Å². The molecule has 0 unspecified atom stereocenters. The van der Waals surface area contributed by atoms with Gasteiger partial charge in [0, 0.05) is 44.6 Å². The quantitative estimate of drug-likeness (QED) is 0.489. The summed E-state index contributed by atoms with van der Waals surface area (Å²) < 4.78 is 26.7. The number of carbonyl (C=O) groups is 3. The number of hydrogen-bond donors (Lipinski definition) is 1. The molecule has 2 rings (SSSR count). The number of sulfonamides is 1. The zero-order valence-corrected chi connectivity index (χ0v) is 17.3. The van der Waals surface area contributed by atoms with E-state index in [-0.39, 0.29) is 48.5 Å². The minimum Gasteiger partial charge on any atom is -0.352 e. The van der Waals surface area contributed by atoms with Crippen molar-refractivity contribution >= 4 is 27.7 Å². The number of imide groups is 1. The molecule has 1 aliphatic heterocycles. The van der Waals surface area contributed by atoms with Crippen molar-refractivity contribution in [3.8, 4) is 0 Å². The van der Waals surface area contributed by atoms with Crippen LogP contribution >= 0.6 is 0 Å². The molecular formula is C19H27N3O5S. The Labute approximate surface area is 165 Å². The SMILES string of the molecule is CCN(CC)S(=O)(=O)c1ccc(C)c(C(=O)NCCCN2C(=O)CCC2=O)c1. The highest BCUT2D eigenvalue weighted by atomic mass is 32.2. The molecule has 3 amide bonds. The number of carbonyl (C=O) groups excluding carboxylic acids is 3. The van der Waals surface area contributed by atoms with E-state index in [1.807, 2.05) is 0 Å². The number of likely N-dealkylation sites (tertiary alicyclic amines) is 1. The molecule has 1 N–H and O–H groups in total. The average molecular weight is 410 g/mol. The van der Waals surface area contributed by atoms with E-state index >= 15 is 0 Å². The second kappa shape index (κ2) is 9.29. The van der Waals surface area contributed by atoms with Gasteiger partial charge in [-0.2, -0.15) is 4.31 Å². The standard InChI is InChI=1S/C19H27N3O5S/c1-4-21(5-2)28(26,27)15-8-7-14(3)16(13-15)19(25)20-11-6-12-22-17(23)9-10-18(22)24/h7-8,13H,4-6,9-12H2,1-3H3,(H,20,25).